The second-order valence-electron chi connectivity index (χ2n) is 5.46. The van der Waals surface area contributed by atoms with Gasteiger partial charge in [0.2, 0.25) is 5.91 Å². The maximum absolute atomic E-state index is 12.3. The molecule has 7 heteroatoms. The molecule has 2 unspecified atom stereocenters. The molecule has 1 N–H and O–H groups in total. The van der Waals surface area contributed by atoms with Crippen molar-refractivity contribution in [1.82, 2.24) is 9.80 Å². The van der Waals surface area contributed by atoms with Crippen LogP contribution in [-0.2, 0) is 9.59 Å². The minimum Gasteiger partial charge on any atom is -0.481 e. The summed E-state index contributed by atoms with van der Waals surface area (Å²) in [7, 11) is 0. The zero-order valence-electron chi connectivity index (χ0n) is 11.4. The van der Waals surface area contributed by atoms with E-state index in [1.165, 1.54) is 11.3 Å². The van der Waals surface area contributed by atoms with Crippen LogP contribution in [0.4, 0.5) is 0 Å². The number of amides is 2. The van der Waals surface area contributed by atoms with E-state index in [4.69, 9.17) is 5.11 Å². The third kappa shape index (κ3) is 2.65. The van der Waals surface area contributed by atoms with Crippen LogP contribution in [0.1, 0.15) is 22.5 Å². The molecule has 3 rings (SSSR count). The molecule has 2 aliphatic heterocycles. The molecule has 112 valence electrons. The zero-order chi connectivity index (χ0) is 15.0. The molecule has 0 bridgehead atoms. The fraction of sp³-hybridized carbons (Fsp3) is 0.500. The largest absolute Gasteiger partial charge is 0.481 e. The number of thiophene rings is 1. The Kier molecular flexibility index (Phi) is 3.67. The van der Waals surface area contributed by atoms with Crippen LogP contribution in [0.5, 0.6) is 0 Å². The lowest BCUT2D eigenvalue weighted by atomic mass is 10.1. The predicted octanol–water partition coefficient (Wildman–Crippen LogP) is 0.896. The third-order valence-electron chi connectivity index (χ3n) is 4.13. The summed E-state index contributed by atoms with van der Waals surface area (Å²) in [5, 5.41) is 10.9. The van der Waals surface area contributed by atoms with Gasteiger partial charge in [-0.3, -0.25) is 14.4 Å². The number of hydrogen-bond acceptors (Lipinski definition) is 4. The first-order valence-electron chi connectivity index (χ1n) is 6.91. The normalized spacial score (nSPS) is 25.6. The SMILES string of the molecule is O=C(O)C1CC(=O)N(C2CCN(C(=O)c3cccs3)C2)C1. The van der Waals surface area contributed by atoms with Crippen LogP contribution in [0.25, 0.3) is 0 Å². The third-order valence-corrected chi connectivity index (χ3v) is 4.99. The van der Waals surface area contributed by atoms with Crippen molar-refractivity contribution in [3.63, 3.8) is 0 Å². The fourth-order valence-corrected chi connectivity index (χ4v) is 3.68. The molecule has 2 aliphatic rings. The highest BCUT2D eigenvalue weighted by molar-refractivity contribution is 7.12. The van der Waals surface area contributed by atoms with Gasteiger partial charge in [-0.1, -0.05) is 6.07 Å². The topological polar surface area (TPSA) is 77.9 Å². The van der Waals surface area contributed by atoms with Gasteiger partial charge in [0.05, 0.1) is 16.8 Å². The van der Waals surface area contributed by atoms with Gasteiger partial charge in [-0.2, -0.15) is 0 Å². The van der Waals surface area contributed by atoms with Crippen molar-refractivity contribution in [2.45, 2.75) is 18.9 Å². The molecule has 0 aromatic carbocycles. The molecular weight excluding hydrogens is 292 g/mol. The smallest absolute Gasteiger partial charge is 0.308 e. The van der Waals surface area contributed by atoms with E-state index in [1.54, 1.807) is 15.9 Å². The number of likely N-dealkylation sites (tertiary alicyclic amines) is 2. The molecule has 21 heavy (non-hydrogen) atoms. The number of carbonyl (C=O) groups excluding carboxylic acids is 2. The summed E-state index contributed by atoms with van der Waals surface area (Å²) in [5.74, 6) is -1.65. The molecule has 1 aromatic rings. The molecule has 6 nitrogen and oxygen atoms in total. The lowest BCUT2D eigenvalue weighted by Crippen LogP contribution is -2.40. The maximum Gasteiger partial charge on any atom is 0.308 e. The highest BCUT2D eigenvalue weighted by Crippen LogP contribution is 2.26. The zero-order valence-corrected chi connectivity index (χ0v) is 12.2. The van der Waals surface area contributed by atoms with Crippen molar-refractivity contribution < 1.29 is 19.5 Å². The number of hydrogen-bond donors (Lipinski definition) is 1. The summed E-state index contributed by atoms with van der Waals surface area (Å²) in [6.45, 7) is 1.37. The van der Waals surface area contributed by atoms with E-state index in [2.05, 4.69) is 0 Å². The summed E-state index contributed by atoms with van der Waals surface area (Å²) in [6, 6.07) is 3.58. The Hall–Kier alpha value is -1.89. The predicted molar refractivity (Wildman–Crippen MR) is 76.1 cm³/mol. The van der Waals surface area contributed by atoms with Crippen molar-refractivity contribution in [3.8, 4) is 0 Å². The monoisotopic (exact) mass is 308 g/mol. The van der Waals surface area contributed by atoms with Crippen molar-refractivity contribution in [2.24, 2.45) is 5.92 Å². The van der Waals surface area contributed by atoms with E-state index in [9.17, 15) is 14.4 Å². The summed E-state index contributed by atoms with van der Waals surface area (Å²) < 4.78 is 0. The van der Waals surface area contributed by atoms with Gasteiger partial charge in [-0.15, -0.1) is 11.3 Å². The summed E-state index contributed by atoms with van der Waals surface area (Å²) in [5.41, 5.74) is 0. The van der Waals surface area contributed by atoms with E-state index >= 15 is 0 Å². The van der Waals surface area contributed by atoms with E-state index in [-0.39, 0.29) is 30.8 Å². The van der Waals surface area contributed by atoms with Crippen LogP contribution >= 0.6 is 11.3 Å². The van der Waals surface area contributed by atoms with Gasteiger partial charge < -0.3 is 14.9 Å². The molecule has 2 atom stereocenters. The molecule has 3 heterocycles. The standard InChI is InChI=1S/C14H16N2O4S/c17-12-6-9(14(19)20)7-16(12)10-3-4-15(8-10)13(18)11-2-1-5-21-11/h1-2,5,9-10H,3-4,6-8H2,(H,19,20). The van der Waals surface area contributed by atoms with E-state index in [0.717, 1.165) is 6.42 Å². The van der Waals surface area contributed by atoms with Gasteiger partial charge in [0.15, 0.2) is 0 Å². The Morgan fingerprint density at radius 3 is 2.76 bits per heavy atom. The van der Waals surface area contributed by atoms with Gasteiger partial charge in [0, 0.05) is 26.1 Å². The van der Waals surface area contributed by atoms with Crippen molar-refractivity contribution in [1.29, 1.82) is 0 Å². The Bertz CT molecular complexity index is 572. The molecule has 2 amide bonds. The van der Waals surface area contributed by atoms with Crippen LogP contribution in [0.3, 0.4) is 0 Å². The van der Waals surface area contributed by atoms with Crippen molar-refractivity contribution in [2.75, 3.05) is 19.6 Å². The summed E-state index contributed by atoms with van der Waals surface area (Å²) in [6.07, 6.45) is 0.792. The van der Waals surface area contributed by atoms with Crippen LogP contribution in [-0.4, -0.2) is 58.4 Å². The minimum absolute atomic E-state index is 0.00562. The molecule has 0 saturated carbocycles. The Balaban J connectivity index is 1.64. The van der Waals surface area contributed by atoms with E-state index < -0.39 is 11.9 Å². The van der Waals surface area contributed by atoms with Gasteiger partial charge in [-0.25, -0.2) is 0 Å². The van der Waals surface area contributed by atoms with Gasteiger partial charge in [0.1, 0.15) is 0 Å². The molecule has 0 spiro atoms. The second kappa shape index (κ2) is 5.48. The Labute approximate surface area is 126 Å². The Morgan fingerprint density at radius 1 is 1.33 bits per heavy atom. The van der Waals surface area contributed by atoms with Crippen LogP contribution in [0, 0.1) is 5.92 Å². The molecule has 2 fully saturated rings. The number of carboxylic acids is 1. The fourth-order valence-electron chi connectivity index (χ4n) is 2.99. The summed E-state index contributed by atoms with van der Waals surface area (Å²) >= 11 is 1.41. The lowest BCUT2D eigenvalue weighted by Gasteiger charge is -2.24. The molecule has 2 saturated heterocycles. The first-order chi connectivity index (χ1) is 10.1. The molecule has 0 aliphatic carbocycles. The number of carboxylic acid groups (broad SMARTS) is 1. The highest BCUT2D eigenvalue weighted by atomic mass is 32.1. The van der Waals surface area contributed by atoms with Crippen molar-refractivity contribution >= 4 is 29.1 Å². The lowest BCUT2D eigenvalue weighted by molar-refractivity contribution is -0.141. The van der Waals surface area contributed by atoms with Crippen molar-refractivity contribution in [3.05, 3.63) is 22.4 Å². The number of carbonyl (C=O) groups is 3. The number of rotatable bonds is 3. The molecular formula is C14H16N2O4S. The number of nitrogens with zero attached hydrogens (tertiary/aromatic N) is 2. The van der Waals surface area contributed by atoms with Crippen LogP contribution in [0.15, 0.2) is 17.5 Å². The van der Waals surface area contributed by atoms with E-state index in [1.807, 2.05) is 11.4 Å². The van der Waals surface area contributed by atoms with Crippen LogP contribution in [0.2, 0.25) is 0 Å². The maximum atomic E-state index is 12.3. The first kappa shape index (κ1) is 14.1. The number of aliphatic carboxylic acids is 1. The first-order valence-corrected chi connectivity index (χ1v) is 7.79. The van der Waals surface area contributed by atoms with Gasteiger partial charge >= 0.3 is 5.97 Å². The van der Waals surface area contributed by atoms with Gasteiger partial charge in [-0.05, 0) is 17.9 Å². The minimum atomic E-state index is -0.921. The van der Waals surface area contributed by atoms with Crippen LogP contribution < -0.4 is 0 Å². The average Bonchev–Trinajstić information content (AvgIpc) is 3.18. The average molecular weight is 308 g/mol. The second-order valence-corrected chi connectivity index (χ2v) is 6.40. The Morgan fingerprint density at radius 2 is 2.14 bits per heavy atom. The summed E-state index contributed by atoms with van der Waals surface area (Å²) in [4.78, 5) is 39.3. The van der Waals surface area contributed by atoms with E-state index in [0.29, 0.717) is 18.0 Å². The molecule has 1 aromatic heterocycles. The highest BCUT2D eigenvalue weighted by Gasteiger charge is 2.41. The van der Waals surface area contributed by atoms with Gasteiger partial charge in [0.25, 0.3) is 5.91 Å². The quantitative estimate of drug-likeness (QED) is 0.900. The molecule has 0 radical (unpaired) electrons.